The molecule has 0 saturated carbocycles. The number of benzene rings is 1. The Labute approximate surface area is 126 Å². The van der Waals surface area contributed by atoms with Gasteiger partial charge in [-0.15, -0.1) is 0 Å². The SMILES string of the molecule is CCCCCn1c([C@@H](C)NC(=O)CC)nc2ccccc21. The van der Waals surface area contributed by atoms with Crippen LogP contribution in [0, 0.1) is 0 Å². The predicted molar refractivity (Wildman–Crippen MR) is 86.1 cm³/mol. The Bertz CT molecular complexity index is 603. The molecule has 0 aliphatic heterocycles. The number of carbonyl (C=O) groups is 1. The van der Waals surface area contributed by atoms with E-state index in [-0.39, 0.29) is 11.9 Å². The summed E-state index contributed by atoms with van der Waals surface area (Å²) in [5, 5.41) is 3.02. The van der Waals surface area contributed by atoms with E-state index in [1.54, 1.807) is 0 Å². The zero-order chi connectivity index (χ0) is 15.2. The molecule has 4 heteroatoms. The minimum Gasteiger partial charge on any atom is -0.346 e. The van der Waals surface area contributed by atoms with E-state index in [0.29, 0.717) is 6.42 Å². The molecule has 4 nitrogen and oxygen atoms in total. The molecule has 0 spiro atoms. The number of hydrogen-bond acceptors (Lipinski definition) is 2. The van der Waals surface area contributed by atoms with Crippen LogP contribution in [0.2, 0.25) is 0 Å². The van der Waals surface area contributed by atoms with Gasteiger partial charge in [0, 0.05) is 13.0 Å². The standard InChI is InChI=1S/C17H25N3O/c1-4-6-9-12-20-15-11-8-7-10-14(15)19-17(20)13(3)18-16(21)5-2/h7-8,10-11,13H,4-6,9,12H2,1-3H3,(H,18,21)/t13-/m1/s1. The Hall–Kier alpha value is -1.84. The second kappa shape index (κ2) is 7.25. The van der Waals surface area contributed by atoms with Gasteiger partial charge in [0.25, 0.3) is 0 Å². The van der Waals surface area contributed by atoms with E-state index in [0.717, 1.165) is 29.8 Å². The molecule has 0 unspecified atom stereocenters. The molecule has 0 radical (unpaired) electrons. The van der Waals surface area contributed by atoms with Crippen molar-refractivity contribution in [1.82, 2.24) is 14.9 Å². The van der Waals surface area contributed by atoms with Gasteiger partial charge in [0.05, 0.1) is 17.1 Å². The van der Waals surface area contributed by atoms with Gasteiger partial charge in [0.2, 0.25) is 5.91 Å². The summed E-state index contributed by atoms with van der Waals surface area (Å²) in [6.07, 6.45) is 4.05. The zero-order valence-electron chi connectivity index (χ0n) is 13.2. The van der Waals surface area contributed by atoms with E-state index >= 15 is 0 Å². The van der Waals surface area contributed by atoms with Crippen molar-refractivity contribution in [3.63, 3.8) is 0 Å². The van der Waals surface area contributed by atoms with Crippen LogP contribution in [0.15, 0.2) is 24.3 Å². The largest absolute Gasteiger partial charge is 0.346 e. The quantitative estimate of drug-likeness (QED) is 0.787. The molecule has 1 N–H and O–H groups in total. The molecule has 2 rings (SSSR count). The number of nitrogens with zero attached hydrogens (tertiary/aromatic N) is 2. The summed E-state index contributed by atoms with van der Waals surface area (Å²) in [7, 11) is 0. The van der Waals surface area contributed by atoms with Gasteiger partial charge in [0.15, 0.2) is 0 Å². The van der Waals surface area contributed by atoms with Gasteiger partial charge in [-0.05, 0) is 25.5 Å². The fourth-order valence-electron chi connectivity index (χ4n) is 2.59. The first kappa shape index (κ1) is 15.5. The zero-order valence-corrected chi connectivity index (χ0v) is 13.2. The van der Waals surface area contributed by atoms with Crippen LogP contribution in [0.4, 0.5) is 0 Å². The molecule has 0 bridgehead atoms. The van der Waals surface area contributed by atoms with Crippen molar-refractivity contribution in [3.8, 4) is 0 Å². The number of aryl methyl sites for hydroxylation is 1. The molecule has 0 fully saturated rings. The van der Waals surface area contributed by atoms with Gasteiger partial charge in [-0.2, -0.15) is 0 Å². The van der Waals surface area contributed by atoms with Crippen molar-refractivity contribution in [1.29, 1.82) is 0 Å². The monoisotopic (exact) mass is 287 g/mol. The number of para-hydroxylation sites is 2. The molecule has 0 aliphatic rings. The van der Waals surface area contributed by atoms with Crippen LogP contribution < -0.4 is 5.32 Å². The van der Waals surface area contributed by atoms with Gasteiger partial charge < -0.3 is 9.88 Å². The predicted octanol–water partition coefficient (Wildman–Crippen LogP) is 3.81. The van der Waals surface area contributed by atoms with Crippen molar-refractivity contribution in [2.45, 2.75) is 59.0 Å². The van der Waals surface area contributed by atoms with E-state index in [9.17, 15) is 4.79 Å². The summed E-state index contributed by atoms with van der Waals surface area (Å²) in [5.41, 5.74) is 2.16. The topological polar surface area (TPSA) is 46.9 Å². The van der Waals surface area contributed by atoms with E-state index < -0.39 is 0 Å². The Morgan fingerprint density at radius 2 is 2.05 bits per heavy atom. The number of imidazole rings is 1. The van der Waals surface area contributed by atoms with Gasteiger partial charge in [0.1, 0.15) is 5.82 Å². The normalized spacial score (nSPS) is 12.5. The molecule has 114 valence electrons. The second-order valence-electron chi connectivity index (χ2n) is 5.46. The van der Waals surface area contributed by atoms with Crippen LogP contribution in [0.5, 0.6) is 0 Å². The average molecular weight is 287 g/mol. The molecule has 1 aromatic heterocycles. The highest BCUT2D eigenvalue weighted by Gasteiger charge is 2.17. The minimum absolute atomic E-state index is 0.0634. The summed E-state index contributed by atoms with van der Waals surface area (Å²) in [5.74, 6) is 1.02. The van der Waals surface area contributed by atoms with Crippen LogP contribution in [-0.4, -0.2) is 15.5 Å². The number of aromatic nitrogens is 2. The lowest BCUT2D eigenvalue weighted by Crippen LogP contribution is -2.28. The van der Waals surface area contributed by atoms with E-state index in [1.807, 2.05) is 32.0 Å². The first-order valence-electron chi connectivity index (χ1n) is 7.91. The molecular weight excluding hydrogens is 262 g/mol. The maximum absolute atomic E-state index is 11.6. The first-order chi connectivity index (χ1) is 10.2. The number of hydrogen-bond donors (Lipinski definition) is 1. The highest BCUT2D eigenvalue weighted by molar-refractivity contribution is 5.77. The van der Waals surface area contributed by atoms with Crippen molar-refractivity contribution in [3.05, 3.63) is 30.1 Å². The number of carbonyl (C=O) groups excluding carboxylic acids is 1. The van der Waals surface area contributed by atoms with E-state index in [4.69, 9.17) is 4.98 Å². The van der Waals surface area contributed by atoms with E-state index in [2.05, 4.69) is 22.9 Å². The lowest BCUT2D eigenvalue weighted by Gasteiger charge is -2.16. The Balaban J connectivity index is 2.31. The third-order valence-electron chi connectivity index (χ3n) is 3.76. The van der Waals surface area contributed by atoms with Crippen molar-refractivity contribution in [2.75, 3.05) is 0 Å². The first-order valence-corrected chi connectivity index (χ1v) is 7.91. The molecule has 1 aromatic carbocycles. The molecular formula is C17H25N3O. The van der Waals surface area contributed by atoms with Crippen LogP contribution in [0.1, 0.15) is 58.3 Å². The van der Waals surface area contributed by atoms with Crippen molar-refractivity contribution >= 4 is 16.9 Å². The van der Waals surface area contributed by atoms with Crippen molar-refractivity contribution < 1.29 is 4.79 Å². The molecule has 1 amide bonds. The number of nitrogens with one attached hydrogen (secondary N) is 1. The highest BCUT2D eigenvalue weighted by Crippen LogP contribution is 2.21. The average Bonchev–Trinajstić information content (AvgIpc) is 2.86. The summed E-state index contributed by atoms with van der Waals surface area (Å²) < 4.78 is 2.26. The number of amides is 1. The Kier molecular flexibility index (Phi) is 5.37. The fourth-order valence-corrected chi connectivity index (χ4v) is 2.59. The molecule has 2 aromatic rings. The number of unbranched alkanes of at least 4 members (excludes halogenated alkanes) is 2. The third kappa shape index (κ3) is 3.63. The van der Waals surface area contributed by atoms with Crippen LogP contribution in [0.3, 0.4) is 0 Å². The lowest BCUT2D eigenvalue weighted by molar-refractivity contribution is -0.121. The van der Waals surface area contributed by atoms with Crippen LogP contribution in [-0.2, 0) is 11.3 Å². The highest BCUT2D eigenvalue weighted by atomic mass is 16.1. The van der Waals surface area contributed by atoms with Gasteiger partial charge in [-0.3, -0.25) is 4.79 Å². The summed E-state index contributed by atoms with van der Waals surface area (Å²) in [4.78, 5) is 16.4. The molecule has 0 saturated heterocycles. The Morgan fingerprint density at radius 3 is 2.76 bits per heavy atom. The van der Waals surface area contributed by atoms with Crippen LogP contribution in [0.25, 0.3) is 11.0 Å². The molecule has 0 aliphatic carbocycles. The third-order valence-corrected chi connectivity index (χ3v) is 3.76. The van der Waals surface area contributed by atoms with Crippen LogP contribution >= 0.6 is 0 Å². The van der Waals surface area contributed by atoms with Gasteiger partial charge in [-0.25, -0.2) is 4.98 Å². The summed E-state index contributed by atoms with van der Waals surface area (Å²) in [6, 6.07) is 8.12. The molecule has 1 atom stereocenters. The fraction of sp³-hybridized carbons (Fsp3) is 0.529. The summed E-state index contributed by atoms with van der Waals surface area (Å²) in [6.45, 7) is 7.03. The summed E-state index contributed by atoms with van der Waals surface area (Å²) >= 11 is 0. The maximum Gasteiger partial charge on any atom is 0.220 e. The van der Waals surface area contributed by atoms with Gasteiger partial charge >= 0.3 is 0 Å². The maximum atomic E-state index is 11.6. The number of fused-ring (bicyclic) bond motifs is 1. The minimum atomic E-state index is -0.0634. The smallest absolute Gasteiger partial charge is 0.220 e. The second-order valence-corrected chi connectivity index (χ2v) is 5.46. The van der Waals surface area contributed by atoms with Gasteiger partial charge in [-0.1, -0.05) is 38.8 Å². The molecule has 21 heavy (non-hydrogen) atoms. The molecule has 1 heterocycles. The Morgan fingerprint density at radius 1 is 1.29 bits per heavy atom. The lowest BCUT2D eigenvalue weighted by atomic mass is 10.2. The van der Waals surface area contributed by atoms with E-state index in [1.165, 1.54) is 12.8 Å². The van der Waals surface area contributed by atoms with Crippen molar-refractivity contribution in [2.24, 2.45) is 0 Å². The number of rotatable bonds is 7.